The molecule has 0 bridgehead atoms. The molecule has 0 heteroatoms. The third-order valence-electron chi connectivity index (χ3n) is 3.64. The monoisotopic (exact) mass is 154 g/mol. The van der Waals surface area contributed by atoms with Crippen LogP contribution >= 0.6 is 0 Å². The van der Waals surface area contributed by atoms with Gasteiger partial charge in [0, 0.05) is 0 Å². The summed E-state index contributed by atoms with van der Waals surface area (Å²) in [5, 5.41) is 0. The lowest BCUT2D eigenvalue weighted by atomic mass is 9.61. The van der Waals surface area contributed by atoms with Gasteiger partial charge in [0.2, 0.25) is 0 Å². The van der Waals surface area contributed by atoms with Gasteiger partial charge >= 0.3 is 0 Å². The van der Waals surface area contributed by atoms with Crippen LogP contribution in [0.5, 0.6) is 0 Å². The largest absolute Gasteiger partial charge is 0.0620 e. The van der Waals surface area contributed by atoms with Gasteiger partial charge in [-0.3, -0.25) is 0 Å². The first-order valence-corrected chi connectivity index (χ1v) is 4.83. The Morgan fingerprint density at radius 3 is 1.91 bits per heavy atom. The summed E-state index contributed by atoms with van der Waals surface area (Å²) in [6, 6.07) is 0. The van der Waals surface area contributed by atoms with Gasteiger partial charge in [-0.25, -0.2) is 0 Å². The molecule has 0 N–H and O–H groups in total. The fourth-order valence-corrected chi connectivity index (χ4v) is 2.11. The number of hydrogen-bond donors (Lipinski definition) is 0. The number of rotatable bonds is 0. The van der Waals surface area contributed by atoms with Crippen LogP contribution in [0.4, 0.5) is 0 Å². The lowest BCUT2D eigenvalue weighted by molar-refractivity contribution is 0.0666. The van der Waals surface area contributed by atoms with E-state index in [1.165, 1.54) is 19.3 Å². The highest BCUT2D eigenvalue weighted by molar-refractivity contribution is 4.87. The minimum Gasteiger partial charge on any atom is -0.0620 e. The average Bonchev–Trinajstić information content (AvgIpc) is 1.81. The fourth-order valence-electron chi connectivity index (χ4n) is 2.11. The van der Waals surface area contributed by atoms with Gasteiger partial charge in [0.1, 0.15) is 0 Å². The molecule has 66 valence electrons. The fraction of sp³-hybridized carbons (Fsp3) is 1.00. The van der Waals surface area contributed by atoms with E-state index >= 15 is 0 Å². The third-order valence-corrected chi connectivity index (χ3v) is 3.64. The standard InChI is InChI=1S/C11H22/c1-9-8-10(2,3)6-7-11(9,4)5/h9H,6-8H2,1-5H3/t9-/m0/s1. The Bertz CT molecular complexity index is 142. The van der Waals surface area contributed by atoms with Gasteiger partial charge in [-0.2, -0.15) is 0 Å². The molecule has 0 spiro atoms. The predicted molar refractivity (Wildman–Crippen MR) is 50.6 cm³/mol. The summed E-state index contributed by atoms with van der Waals surface area (Å²) < 4.78 is 0. The van der Waals surface area contributed by atoms with Crippen LogP contribution in [-0.4, -0.2) is 0 Å². The van der Waals surface area contributed by atoms with Crippen molar-refractivity contribution >= 4 is 0 Å². The van der Waals surface area contributed by atoms with Crippen molar-refractivity contribution in [3.05, 3.63) is 0 Å². The van der Waals surface area contributed by atoms with Gasteiger partial charge in [0.25, 0.3) is 0 Å². The van der Waals surface area contributed by atoms with Crippen molar-refractivity contribution in [1.29, 1.82) is 0 Å². The predicted octanol–water partition coefficient (Wildman–Crippen LogP) is 3.86. The van der Waals surface area contributed by atoms with Crippen molar-refractivity contribution in [2.24, 2.45) is 16.7 Å². The minimum atomic E-state index is 0.593. The van der Waals surface area contributed by atoms with E-state index in [2.05, 4.69) is 34.6 Å². The summed E-state index contributed by atoms with van der Waals surface area (Å²) in [6.07, 6.45) is 4.21. The molecule has 0 amide bonds. The van der Waals surface area contributed by atoms with Gasteiger partial charge in [-0.15, -0.1) is 0 Å². The van der Waals surface area contributed by atoms with E-state index in [-0.39, 0.29) is 0 Å². The van der Waals surface area contributed by atoms with Crippen molar-refractivity contribution in [2.45, 2.75) is 53.9 Å². The van der Waals surface area contributed by atoms with E-state index in [1.54, 1.807) is 0 Å². The van der Waals surface area contributed by atoms with Crippen molar-refractivity contribution in [1.82, 2.24) is 0 Å². The van der Waals surface area contributed by atoms with Crippen LogP contribution < -0.4 is 0 Å². The Hall–Kier alpha value is 0. The normalized spacial score (nSPS) is 35.2. The molecule has 0 aromatic heterocycles. The topological polar surface area (TPSA) is 0 Å². The first-order valence-electron chi connectivity index (χ1n) is 4.83. The van der Waals surface area contributed by atoms with E-state index in [9.17, 15) is 0 Å². The molecule has 0 aromatic rings. The highest BCUT2D eigenvalue weighted by Gasteiger charge is 2.36. The summed E-state index contributed by atoms with van der Waals surface area (Å²) >= 11 is 0. The lowest BCUT2D eigenvalue weighted by Gasteiger charge is -2.44. The molecule has 1 atom stereocenters. The van der Waals surface area contributed by atoms with Gasteiger partial charge in [-0.1, -0.05) is 34.6 Å². The van der Waals surface area contributed by atoms with Gasteiger partial charge < -0.3 is 0 Å². The molecule has 0 aromatic carbocycles. The molecule has 1 saturated carbocycles. The van der Waals surface area contributed by atoms with Gasteiger partial charge in [0.05, 0.1) is 0 Å². The third kappa shape index (κ3) is 1.98. The Labute approximate surface area is 71.4 Å². The molecule has 1 fully saturated rings. The van der Waals surface area contributed by atoms with Crippen LogP contribution in [0.15, 0.2) is 0 Å². The number of hydrogen-bond acceptors (Lipinski definition) is 0. The van der Waals surface area contributed by atoms with Crippen LogP contribution in [-0.2, 0) is 0 Å². The smallest absolute Gasteiger partial charge is 0.0328 e. The van der Waals surface area contributed by atoms with E-state index in [0.717, 1.165) is 5.92 Å². The van der Waals surface area contributed by atoms with E-state index < -0.39 is 0 Å². The molecule has 1 rings (SSSR count). The second kappa shape index (κ2) is 2.50. The molecule has 0 radical (unpaired) electrons. The Morgan fingerprint density at radius 2 is 1.55 bits per heavy atom. The molecular formula is C11H22. The molecule has 0 unspecified atom stereocenters. The van der Waals surface area contributed by atoms with Crippen LogP contribution in [0.3, 0.4) is 0 Å². The maximum Gasteiger partial charge on any atom is -0.0328 e. The van der Waals surface area contributed by atoms with Crippen molar-refractivity contribution in [2.75, 3.05) is 0 Å². The maximum absolute atomic E-state index is 2.41. The highest BCUT2D eigenvalue weighted by Crippen LogP contribution is 2.47. The van der Waals surface area contributed by atoms with E-state index in [4.69, 9.17) is 0 Å². The first kappa shape index (κ1) is 9.09. The molecule has 0 heterocycles. The molecule has 11 heavy (non-hydrogen) atoms. The second-order valence-electron chi connectivity index (χ2n) is 5.76. The zero-order valence-electron chi connectivity index (χ0n) is 8.70. The summed E-state index contributed by atoms with van der Waals surface area (Å²) in [5.74, 6) is 0.895. The van der Waals surface area contributed by atoms with Crippen LogP contribution in [0.1, 0.15) is 53.9 Å². The van der Waals surface area contributed by atoms with Crippen molar-refractivity contribution in [3.8, 4) is 0 Å². The average molecular weight is 154 g/mol. The minimum absolute atomic E-state index is 0.593. The lowest BCUT2D eigenvalue weighted by Crippen LogP contribution is -2.33. The van der Waals surface area contributed by atoms with E-state index in [0.29, 0.717) is 10.8 Å². The molecule has 0 nitrogen and oxygen atoms in total. The Balaban J connectivity index is 2.63. The molecule has 0 saturated heterocycles. The van der Waals surface area contributed by atoms with Crippen molar-refractivity contribution < 1.29 is 0 Å². The summed E-state index contributed by atoms with van der Waals surface area (Å²) in [5.41, 5.74) is 1.20. The SMILES string of the molecule is C[C@H]1CC(C)(C)CCC1(C)C. The Morgan fingerprint density at radius 1 is 1.00 bits per heavy atom. The summed E-state index contributed by atoms with van der Waals surface area (Å²) in [4.78, 5) is 0. The van der Waals surface area contributed by atoms with Crippen LogP contribution in [0.2, 0.25) is 0 Å². The molecule has 1 aliphatic rings. The van der Waals surface area contributed by atoms with Crippen LogP contribution in [0, 0.1) is 16.7 Å². The van der Waals surface area contributed by atoms with Crippen molar-refractivity contribution in [3.63, 3.8) is 0 Å². The second-order valence-corrected chi connectivity index (χ2v) is 5.76. The highest BCUT2D eigenvalue weighted by atomic mass is 14.4. The summed E-state index contributed by atoms with van der Waals surface area (Å²) in [6.45, 7) is 12.0. The van der Waals surface area contributed by atoms with Gasteiger partial charge in [0.15, 0.2) is 0 Å². The Kier molecular flexibility index (Phi) is 2.07. The van der Waals surface area contributed by atoms with Gasteiger partial charge in [-0.05, 0) is 36.0 Å². The molecule has 1 aliphatic carbocycles. The zero-order chi connectivity index (χ0) is 8.70. The molecule has 0 aliphatic heterocycles. The zero-order valence-corrected chi connectivity index (χ0v) is 8.70. The molecular weight excluding hydrogens is 132 g/mol. The maximum atomic E-state index is 2.41. The first-order chi connectivity index (χ1) is 4.83. The van der Waals surface area contributed by atoms with Crippen LogP contribution in [0.25, 0.3) is 0 Å². The summed E-state index contributed by atoms with van der Waals surface area (Å²) in [7, 11) is 0. The van der Waals surface area contributed by atoms with E-state index in [1.807, 2.05) is 0 Å². The quantitative estimate of drug-likeness (QED) is 0.497.